The Hall–Kier alpha value is -2.99. The molecule has 1 unspecified atom stereocenters. The number of carbonyl (C=O) groups excluding carboxylic acids is 1. The average Bonchev–Trinajstić information content (AvgIpc) is 3.11. The lowest BCUT2D eigenvalue weighted by atomic mass is 10.0. The van der Waals surface area contributed by atoms with Gasteiger partial charge in [-0.2, -0.15) is 0 Å². The van der Waals surface area contributed by atoms with Gasteiger partial charge in [0.25, 0.3) is 5.91 Å². The van der Waals surface area contributed by atoms with Gasteiger partial charge in [0.1, 0.15) is 5.69 Å². The minimum atomic E-state index is -0.143. The molecule has 6 heteroatoms. The number of hydrogen-bond acceptors (Lipinski definition) is 4. The Morgan fingerprint density at radius 3 is 2.73 bits per heavy atom. The van der Waals surface area contributed by atoms with Crippen LogP contribution < -0.4 is 11.1 Å². The second-order valence-corrected chi connectivity index (χ2v) is 6.34. The highest BCUT2D eigenvalue weighted by molar-refractivity contribution is 6.05. The summed E-state index contributed by atoms with van der Waals surface area (Å²) < 4.78 is 1.74. The number of anilines is 1. The van der Waals surface area contributed by atoms with Gasteiger partial charge in [-0.1, -0.05) is 42.5 Å². The molecule has 0 fully saturated rings. The molecule has 0 aliphatic heterocycles. The van der Waals surface area contributed by atoms with E-state index in [0.29, 0.717) is 12.1 Å². The number of nitrogens with two attached hydrogens (primary N) is 1. The summed E-state index contributed by atoms with van der Waals surface area (Å²) >= 11 is 0. The quantitative estimate of drug-likeness (QED) is 0.715. The molecule has 0 bridgehead atoms. The van der Waals surface area contributed by atoms with E-state index >= 15 is 0 Å². The lowest BCUT2D eigenvalue weighted by molar-refractivity contribution is 0.102. The van der Waals surface area contributed by atoms with E-state index in [9.17, 15) is 4.79 Å². The molecule has 2 aromatic carbocycles. The van der Waals surface area contributed by atoms with Crippen LogP contribution >= 0.6 is 0 Å². The van der Waals surface area contributed by atoms with Gasteiger partial charge in [-0.05, 0) is 37.1 Å². The van der Waals surface area contributed by atoms with Crippen LogP contribution in [0.3, 0.4) is 0 Å². The van der Waals surface area contributed by atoms with E-state index in [4.69, 9.17) is 5.73 Å². The fourth-order valence-corrected chi connectivity index (χ4v) is 2.64. The second-order valence-electron chi connectivity index (χ2n) is 6.34. The Kier molecular flexibility index (Phi) is 5.43. The van der Waals surface area contributed by atoms with E-state index in [1.165, 1.54) is 0 Å². The number of hydrogen-bond donors (Lipinski definition) is 2. The molecule has 1 atom stereocenters. The van der Waals surface area contributed by atoms with Crippen molar-refractivity contribution in [2.24, 2.45) is 5.73 Å². The molecule has 1 amide bonds. The number of nitrogens with zero attached hydrogens (tertiary/aromatic N) is 3. The highest BCUT2D eigenvalue weighted by Crippen LogP contribution is 2.21. The zero-order valence-electron chi connectivity index (χ0n) is 15.0. The summed E-state index contributed by atoms with van der Waals surface area (Å²) in [5, 5.41) is 11.3. The third kappa shape index (κ3) is 4.15. The first kappa shape index (κ1) is 17.8. The van der Waals surface area contributed by atoms with Gasteiger partial charge in [0.2, 0.25) is 0 Å². The smallest absolute Gasteiger partial charge is 0.255 e. The monoisotopic (exact) mass is 349 g/mol. The third-order valence-corrected chi connectivity index (χ3v) is 4.29. The van der Waals surface area contributed by atoms with Crippen molar-refractivity contribution in [3.05, 3.63) is 65.9 Å². The number of rotatable bonds is 6. The normalized spacial score (nSPS) is 12.0. The molecule has 134 valence electrons. The average molecular weight is 349 g/mol. The standard InChI is InChI=1S/C20H23N5O/c1-3-16(21)12-25-13-19(23-24-25)15-10-9-14(2)18(11-15)20(26)22-17-7-5-4-6-8-17/h4-11,13,16H,3,12,21H2,1-2H3,(H,22,26). The molecule has 0 aliphatic carbocycles. The summed E-state index contributed by atoms with van der Waals surface area (Å²) in [5.41, 5.74) is 9.83. The van der Waals surface area contributed by atoms with Crippen LogP contribution in [-0.2, 0) is 6.54 Å². The van der Waals surface area contributed by atoms with E-state index in [0.717, 1.165) is 28.9 Å². The Bertz CT molecular complexity index is 888. The molecule has 0 saturated heterocycles. The third-order valence-electron chi connectivity index (χ3n) is 4.29. The largest absolute Gasteiger partial charge is 0.326 e. The van der Waals surface area contributed by atoms with Crippen LogP contribution in [0, 0.1) is 6.92 Å². The summed E-state index contributed by atoms with van der Waals surface area (Å²) in [6.07, 6.45) is 2.74. The zero-order chi connectivity index (χ0) is 18.5. The van der Waals surface area contributed by atoms with Crippen molar-refractivity contribution in [2.75, 3.05) is 5.32 Å². The summed E-state index contributed by atoms with van der Waals surface area (Å²) in [6.45, 7) is 4.58. The Labute approximate surface area is 153 Å². The number of para-hydroxylation sites is 1. The summed E-state index contributed by atoms with van der Waals surface area (Å²) in [7, 11) is 0. The number of amides is 1. The van der Waals surface area contributed by atoms with Crippen LogP contribution in [0.1, 0.15) is 29.3 Å². The fourth-order valence-electron chi connectivity index (χ4n) is 2.64. The predicted octanol–water partition coefficient (Wildman–Crippen LogP) is 3.24. The van der Waals surface area contributed by atoms with Crippen LogP contribution in [0.4, 0.5) is 5.69 Å². The number of aromatic nitrogens is 3. The molecule has 6 nitrogen and oxygen atoms in total. The minimum absolute atomic E-state index is 0.0507. The van der Waals surface area contributed by atoms with Crippen molar-refractivity contribution in [3.63, 3.8) is 0 Å². The first-order chi connectivity index (χ1) is 12.6. The number of nitrogens with one attached hydrogen (secondary N) is 1. The van der Waals surface area contributed by atoms with Crippen LogP contribution in [0.25, 0.3) is 11.3 Å². The minimum Gasteiger partial charge on any atom is -0.326 e. The maximum atomic E-state index is 12.6. The maximum Gasteiger partial charge on any atom is 0.255 e. The van der Waals surface area contributed by atoms with Gasteiger partial charge in [0.05, 0.1) is 12.7 Å². The van der Waals surface area contributed by atoms with E-state index in [2.05, 4.69) is 15.6 Å². The van der Waals surface area contributed by atoms with E-state index in [1.807, 2.05) is 68.6 Å². The molecule has 3 N–H and O–H groups in total. The van der Waals surface area contributed by atoms with Gasteiger partial charge in [0, 0.05) is 22.9 Å². The zero-order valence-corrected chi connectivity index (χ0v) is 15.0. The van der Waals surface area contributed by atoms with Crippen molar-refractivity contribution in [1.82, 2.24) is 15.0 Å². The summed E-state index contributed by atoms with van der Waals surface area (Å²) in [4.78, 5) is 12.6. The molecule has 0 spiro atoms. The fraction of sp³-hybridized carbons (Fsp3) is 0.250. The van der Waals surface area contributed by atoms with Gasteiger partial charge in [-0.25, -0.2) is 0 Å². The van der Waals surface area contributed by atoms with Gasteiger partial charge in [0.15, 0.2) is 0 Å². The number of benzene rings is 2. The molecule has 3 aromatic rings. The molecular weight excluding hydrogens is 326 g/mol. The molecule has 0 radical (unpaired) electrons. The lowest BCUT2D eigenvalue weighted by Crippen LogP contribution is -2.25. The first-order valence-corrected chi connectivity index (χ1v) is 8.70. The SMILES string of the molecule is CCC(N)Cn1cc(-c2ccc(C)c(C(=O)Nc3ccccc3)c2)nn1. The van der Waals surface area contributed by atoms with Gasteiger partial charge in [-0.3, -0.25) is 9.48 Å². The number of aryl methyl sites for hydroxylation is 1. The highest BCUT2D eigenvalue weighted by atomic mass is 16.1. The van der Waals surface area contributed by atoms with Crippen molar-refractivity contribution < 1.29 is 4.79 Å². The number of carbonyl (C=O) groups is 1. The Balaban J connectivity index is 1.82. The van der Waals surface area contributed by atoms with Crippen LogP contribution in [-0.4, -0.2) is 26.9 Å². The van der Waals surface area contributed by atoms with Crippen molar-refractivity contribution in [1.29, 1.82) is 0 Å². The van der Waals surface area contributed by atoms with Gasteiger partial charge < -0.3 is 11.1 Å². The first-order valence-electron chi connectivity index (χ1n) is 8.70. The van der Waals surface area contributed by atoms with Crippen molar-refractivity contribution >= 4 is 11.6 Å². The van der Waals surface area contributed by atoms with E-state index in [1.54, 1.807) is 4.68 Å². The molecular formula is C20H23N5O. The Morgan fingerprint density at radius 2 is 2.00 bits per heavy atom. The molecule has 1 heterocycles. The predicted molar refractivity (Wildman–Crippen MR) is 103 cm³/mol. The molecule has 1 aromatic heterocycles. The lowest BCUT2D eigenvalue weighted by Gasteiger charge is -2.09. The summed E-state index contributed by atoms with van der Waals surface area (Å²) in [6, 6.07) is 15.2. The van der Waals surface area contributed by atoms with Crippen LogP contribution in [0.15, 0.2) is 54.7 Å². The van der Waals surface area contributed by atoms with Gasteiger partial charge >= 0.3 is 0 Å². The van der Waals surface area contributed by atoms with E-state index < -0.39 is 0 Å². The topological polar surface area (TPSA) is 85.8 Å². The van der Waals surface area contributed by atoms with Crippen LogP contribution in [0.2, 0.25) is 0 Å². The molecule has 3 rings (SSSR count). The second kappa shape index (κ2) is 7.93. The highest BCUT2D eigenvalue weighted by Gasteiger charge is 2.13. The van der Waals surface area contributed by atoms with Crippen molar-refractivity contribution in [3.8, 4) is 11.3 Å². The van der Waals surface area contributed by atoms with E-state index in [-0.39, 0.29) is 11.9 Å². The van der Waals surface area contributed by atoms with Gasteiger partial charge in [-0.15, -0.1) is 5.10 Å². The molecule has 0 aliphatic rings. The van der Waals surface area contributed by atoms with Crippen LogP contribution in [0.5, 0.6) is 0 Å². The molecule has 0 saturated carbocycles. The molecule has 26 heavy (non-hydrogen) atoms. The summed E-state index contributed by atoms with van der Waals surface area (Å²) in [5.74, 6) is -0.143. The Morgan fingerprint density at radius 1 is 1.23 bits per heavy atom. The maximum absolute atomic E-state index is 12.6. The van der Waals surface area contributed by atoms with Crippen molar-refractivity contribution in [2.45, 2.75) is 32.9 Å².